The Morgan fingerprint density at radius 1 is 0.730 bits per heavy atom. The van der Waals surface area contributed by atoms with Crippen LogP contribution >= 0.6 is 0 Å². The number of methoxy groups -OCH3 is 2. The van der Waals surface area contributed by atoms with Crippen molar-refractivity contribution in [2.75, 3.05) is 20.8 Å². The molecule has 3 aromatic rings. The van der Waals surface area contributed by atoms with Crippen LogP contribution in [0.2, 0.25) is 0 Å². The van der Waals surface area contributed by atoms with Crippen LogP contribution in [0.4, 0.5) is 0 Å². The molecule has 0 radical (unpaired) electrons. The summed E-state index contributed by atoms with van der Waals surface area (Å²) in [5.74, 6) is 1.53. The number of aliphatic hydroxyl groups is 1. The molecular weight excluding hydrogens is 476 g/mol. The Labute approximate surface area is 216 Å². The highest BCUT2D eigenvalue weighted by molar-refractivity contribution is 5.27. The van der Waals surface area contributed by atoms with Gasteiger partial charge in [-0.25, -0.2) is 0 Å². The molecule has 2 heterocycles. The van der Waals surface area contributed by atoms with Gasteiger partial charge in [0, 0.05) is 5.56 Å². The van der Waals surface area contributed by atoms with Crippen LogP contribution in [0, 0.1) is 0 Å². The zero-order valence-corrected chi connectivity index (χ0v) is 20.9. The third kappa shape index (κ3) is 6.13. The molecule has 3 aromatic carbocycles. The van der Waals surface area contributed by atoms with Gasteiger partial charge in [0.25, 0.3) is 0 Å². The number of rotatable bonds is 9. The second-order valence-corrected chi connectivity index (χ2v) is 8.99. The summed E-state index contributed by atoms with van der Waals surface area (Å²) in [6.45, 7) is 0.815. The van der Waals surface area contributed by atoms with Crippen LogP contribution in [-0.4, -0.2) is 56.6 Å². The van der Waals surface area contributed by atoms with Crippen molar-refractivity contribution < 1.29 is 38.3 Å². The lowest BCUT2D eigenvalue weighted by molar-refractivity contribution is -0.366. The smallest absolute Gasteiger partial charge is 0.184 e. The Bertz CT molecular complexity index is 1110. The molecule has 0 aromatic heterocycles. The monoisotopic (exact) mass is 508 g/mol. The predicted molar refractivity (Wildman–Crippen MR) is 134 cm³/mol. The molecule has 37 heavy (non-hydrogen) atoms. The fraction of sp³-hybridized carbons (Fsp3) is 0.379. The van der Waals surface area contributed by atoms with Gasteiger partial charge in [0.1, 0.15) is 35.9 Å². The minimum atomic E-state index is -1.21. The molecule has 2 saturated heterocycles. The summed E-state index contributed by atoms with van der Waals surface area (Å²) in [5, 5.41) is 10.9. The van der Waals surface area contributed by atoms with Gasteiger partial charge >= 0.3 is 0 Å². The minimum absolute atomic E-state index is 0.257. The molecule has 2 unspecified atom stereocenters. The lowest BCUT2D eigenvalue weighted by Crippen LogP contribution is -2.63. The summed E-state index contributed by atoms with van der Waals surface area (Å²) < 4.78 is 41.3. The quantitative estimate of drug-likeness (QED) is 0.464. The van der Waals surface area contributed by atoms with Crippen molar-refractivity contribution in [2.45, 2.75) is 50.2 Å². The predicted octanol–water partition coefficient (Wildman–Crippen LogP) is 4.01. The summed E-state index contributed by atoms with van der Waals surface area (Å²) in [4.78, 5) is 0. The van der Waals surface area contributed by atoms with Gasteiger partial charge in [0.15, 0.2) is 12.6 Å². The van der Waals surface area contributed by atoms with E-state index in [2.05, 4.69) is 0 Å². The lowest BCUT2D eigenvalue weighted by atomic mass is 9.97. The fourth-order valence-corrected chi connectivity index (χ4v) is 4.54. The maximum absolute atomic E-state index is 10.9. The van der Waals surface area contributed by atoms with E-state index in [0.717, 1.165) is 28.2 Å². The summed E-state index contributed by atoms with van der Waals surface area (Å²) in [6, 6.07) is 24.9. The van der Waals surface area contributed by atoms with Gasteiger partial charge in [-0.3, -0.25) is 0 Å². The van der Waals surface area contributed by atoms with Gasteiger partial charge in [-0.05, 0) is 35.4 Å². The SMILES string of the molecule is COc1ccc(CO[C@H]2[C@@H]3OC(c4ccccc4)OC[C@H]3OC(O)[C@H]2OCc2ccc(OC)cc2)cc1. The van der Waals surface area contributed by atoms with Crippen LogP contribution in [0.3, 0.4) is 0 Å². The standard InChI is InChI=1S/C29H32O8/c1-31-22-12-8-19(9-13-22)16-33-26-25-24(18-35-29(37-25)21-6-4-3-5-7-21)36-28(30)27(26)34-17-20-10-14-23(32-2)15-11-20/h3-15,24-30H,16-18H2,1-2H3/t24-,25-,26+,27+,28?,29?/m1/s1. The highest BCUT2D eigenvalue weighted by atomic mass is 16.7. The fourth-order valence-electron chi connectivity index (χ4n) is 4.54. The van der Waals surface area contributed by atoms with Gasteiger partial charge in [-0.15, -0.1) is 0 Å². The first-order chi connectivity index (χ1) is 18.1. The number of ether oxygens (including phenoxy) is 7. The van der Waals surface area contributed by atoms with Gasteiger partial charge in [-0.2, -0.15) is 0 Å². The third-order valence-electron chi connectivity index (χ3n) is 6.58. The molecule has 8 nitrogen and oxygen atoms in total. The van der Waals surface area contributed by atoms with Crippen LogP contribution in [0.25, 0.3) is 0 Å². The average Bonchev–Trinajstić information content (AvgIpc) is 2.96. The average molecular weight is 509 g/mol. The van der Waals surface area contributed by atoms with E-state index in [4.69, 9.17) is 33.2 Å². The van der Waals surface area contributed by atoms with Crippen LogP contribution in [0.15, 0.2) is 78.9 Å². The van der Waals surface area contributed by atoms with Crippen LogP contribution < -0.4 is 9.47 Å². The van der Waals surface area contributed by atoms with Crippen molar-refractivity contribution in [3.8, 4) is 11.5 Å². The largest absolute Gasteiger partial charge is 0.497 e. The number of hydrogen-bond donors (Lipinski definition) is 1. The molecule has 2 aliphatic rings. The number of aliphatic hydroxyl groups excluding tert-OH is 1. The lowest BCUT2D eigenvalue weighted by Gasteiger charge is -2.47. The number of hydrogen-bond acceptors (Lipinski definition) is 8. The van der Waals surface area contributed by atoms with E-state index in [9.17, 15) is 5.11 Å². The van der Waals surface area contributed by atoms with E-state index >= 15 is 0 Å². The number of fused-ring (bicyclic) bond motifs is 1. The van der Waals surface area contributed by atoms with E-state index in [1.165, 1.54) is 0 Å². The van der Waals surface area contributed by atoms with Crippen LogP contribution in [0.5, 0.6) is 11.5 Å². The Morgan fingerprint density at radius 3 is 1.86 bits per heavy atom. The topological polar surface area (TPSA) is 84.8 Å². The maximum atomic E-state index is 10.9. The molecule has 0 saturated carbocycles. The Balaban J connectivity index is 1.35. The molecule has 0 aliphatic carbocycles. The van der Waals surface area contributed by atoms with Gasteiger partial charge < -0.3 is 38.3 Å². The molecule has 8 heteroatoms. The zero-order chi connectivity index (χ0) is 25.6. The zero-order valence-electron chi connectivity index (χ0n) is 20.9. The molecule has 0 amide bonds. The van der Waals surface area contributed by atoms with Crippen molar-refractivity contribution in [1.82, 2.24) is 0 Å². The summed E-state index contributed by atoms with van der Waals surface area (Å²) >= 11 is 0. The van der Waals surface area contributed by atoms with Crippen molar-refractivity contribution in [2.24, 2.45) is 0 Å². The van der Waals surface area contributed by atoms with Crippen molar-refractivity contribution in [3.63, 3.8) is 0 Å². The Kier molecular flexibility index (Phi) is 8.35. The van der Waals surface area contributed by atoms with Crippen LogP contribution in [0.1, 0.15) is 23.0 Å². The molecular formula is C29H32O8. The first-order valence-corrected chi connectivity index (χ1v) is 12.3. The van der Waals surface area contributed by atoms with Gasteiger partial charge in [0.05, 0.1) is 34.0 Å². The molecule has 6 atom stereocenters. The molecule has 196 valence electrons. The maximum Gasteiger partial charge on any atom is 0.184 e. The van der Waals surface area contributed by atoms with E-state index < -0.39 is 37.0 Å². The molecule has 0 spiro atoms. The highest BCUT2D eigenvalue weighted by Gasteiger charge is 2.51. The molecule has 1 N–H and O–H groups in total. The second-order valence-electron chi connectivity index (χ2n) is 8.99. The van der Waals surface area contributed by atoms with E-state index in [1.807, 2.05) is 78.9 Å². The normalized spacial score (nSPS) is 27.3. The van der Waals surface area contributed by atoms with E-state index in [-0.39, 0.29) is 13.2 Å². The van der Waals surface area contributed by atoms with Crippen molar-refractivity contribution in [1.29, 1.82) is 0 Å². The van der Waals surface area contributed by atoms with Crippen molar-refractivity contribution in [3.05, 3.63) is 95.6 Å². The Hall–Kier alpha value is -2.98. The van der Waals surface area contributed by atoms with Gasteiger partial charge in [-0.1, -0.05) is 54.6 Å². The van der Waals surface area contributed by atoms with E-state index in [1.54, 1.807) is 14.2 Å². The first-order valence-electron chi connectivity index (χ1n) is 12.3. The third-order valence-corrected chi connectivity index (χ3v) is 6.58. The van der Waals surface area contributed by atoms with Crippen molar-refractivity contribution >= 4 is 0 Å². The van der Waals surface area contributed by atoms with Crippen LogP contribution in [-0.2, 0) is 36.9 Å². The van der Waals surface area contributed by atoms with E-state index in [0.29, 0.717) is 6.61 Å². The molecule has 2 fully saturated rings. The number of benzene rings is 3. The highest BCUT2D eigenvalue weighted by Crippen LogP contribution is 2.36. The summed E-state index contributed by atoms with van der Waals surface area (Å²) in [7, 11) is 3.25. The molecule has 5 rings (SSSR count). The summed E-state index contributed by atoms with van der Waals surface area (Å²) in [5.41, 5.74) is 2.79. The molecule has 2 aliphatic heterocycles. The second kappa shape index (κ2) is 12.0. The summed E-state index contributed by atoms with van der Waals surface area (Å²) in [6.07, 6.45) is -4.19. The minimum Gasteiger partial charge on any atom is -0.497 e. The molecule has 0 bridgehead atoms. The first kappa shape index (κ1) is 25.7. The van der Waals surface area contributed by atoms with Gasteiger partial charge in [0.2, 0.25) is 0 Å². The Morgan fingerprint density at radius 2 is 1.30 bits per heavy atom.